The highest BCUT2D eigenvalue weighted by atomic mass is 31.2. The Balaban J connectivity index is 2.97. The van der Waals surface area contributed by atoms with Gasteiger partial charge in [0.05, 0.1) is 11.7 Å². The zero-order chi connectivity index (χ0) is 14.6. The third-order valence-electron chi connectivity index (χ3n) is 3.34. The van der Waals surface area contributed by atoms with Crippen LogP contribution < -0.4 is 5.73 Å². The average molecular weight is 285 g/mol. The van der Waals surface area contributed by atoms with Gasteiger partial charge in [-0.1, -0.05) is 37.3 Å². The molecule has 0 radical (unpaired) electrons. The van der Waals surface area contributed by atoms with Crippen molar-refractivity contribution >= 4 is 13.3 Å². The van der Waals surface area contributed by atoms with Gasteiger partial charge in [-0.05, 0) is 18.4 Å². The molecule has 0 saturated heterocycles. The first kappa shape index (κ1) is 15.9. The number of nitrogens with two attached hydrogens (primary N) is 1. The third kappa shape index (κ3) is 4.16. The molecule has 0 saturated carbocycles. The van der Waals surface area contributed by atoms with E-state index in [0.717, 1.165) is 5.56 Å². The summed E-state index contributed by atoms with van der Waals surface area (Å²) in [5.74, 6) is -3.27. The number of benzene rings is 1. The van der Waals surface area contributed by atoms with E-state index in [1.165, 1.54) is 6.92 Å². The van der Waals surface area contributed by atoms with Crippen LogP contribution in [0.4, 0.5) is 0 Å². The number of carboxylic acid groups (broad SMARTS) is 1. The van der Waals surface area contributed by atoms with Crippen LogP contribution in [0.1, 0.15) is 25.3 Å². The minimum atomic E-state index is -3.65. The van der Waals surface area contributed by atoms with Crippen molar-refractivity contribution in [1.82, 2.24) is 0 Å². The molecule has 106 valence electrons. The number of rotatable bonds is 6. The van der Waals surface area contributed by atoms with Crippen LogP contribution in [0.25, 0.3) is 0 Å². The fourth-order valence-corrected chi connectivity index (χ4v) is 3.26. The Morgan fingerprint density at radius 3 is 2.26 bits per heavy atom. The van der Waals surface area contributed by atoms with E-state index in [1.807, 2.05) is 30.3 Å². The second kappa shape index (κ2) is 6.33. The molecular formula is C13H20NO4P. The monoisotopic (exact) mass is 285 g/mol. The summed E-state index contributed by atoms with van der Waals surface area (Å²) in [5.41, 5.74) is 6.28. The van der Waals surface area contributed by atoms with E-state index in [9.17, 15) is 19.4 Å². The van der Waals surface area contributed by atoms with Crippen LogP contribution in [-0.4, -0.2) is 27.9 Å². The molecule has 0 bridgehead atoms. The Hall–Kier alpha value is -1.16. The highest BCUT2D eigenvalue weighted by Crippen LogP contribution is 2.47. The first-order valence-corrected chi connectivity index (χ1v) is 8.02. The van der Waals surface area contributed by atoms with Gasteiger partial charge in [0.1, 0.15) is 0 Å². The van der Waals surface area contributed by atoms with Crippen LogP contribution in [-0.2, 0) is 9.36 Å². The highest BCUT2D eigenvalue weighted by molar-refractivity contribution is 7.58. The van der Waals surface area contributed by atoms with Crippen LogP contribution in [0.15, 0.2) is 30.3 Å². The fraction of sp³-hybridized carbons (Fsp3) is 0.462. The summed E-state index contributed by atoms with van der Waals surface area (Å²) >= 11 is 0. The maximum atomic E-state index is 11.9. The summed E-state index contributed by atoms with van der Waals surface area (Å²) < 4.78 is 11.9. The largest absolute Gasteiger partial charge is 0.481 e. The number of aliphatic carboxylic acids is 1. The molecule has 0 aliphatic heterocycles. The van der Waals surface area contributed by atoms with Crippen molar-refractivity contribution in [2.45, 2.75) is 25.5 Å². The van der Waals surface area contributed by atoms with Gasteiger partial charge >= 0.3 is 5.97 Å². The zero-order valence-electron chi connectivity index (χ0n) is 11.1. The van der Waals surface area contributed by atoms with Crippen molar-refractivity contribution in [3.63, 3.8) is 0 Å². The molecule has 1 aromatic rings. The van der Waals surface area contributed by atoms with Crippen molar-refractivity contribution in [2.75, 3.05) is 6.16 Å². The van der Waals surface area contributed by atoms with E-state index in [2.05, 4.69) is 0 Å². The van der Waals surface area contributed by atoms with Crippen LogP contribution >= 0.6 is 7.37 Å². The quantitative estimate of drug-likeness (QED) is 0.695. The van der Waals surface area contributed by atoms with Crippen molar-refractivity contribution in [1.29, 1.82) is 0 Å². The summed E-state index contributed by atoms with van der Waals surface area (Å²) in [4.78, 5) is 21.1. The van der Waals surface area contributed by atoms with Crippen LogP contribution in [0.3, 0.4) is 0 Å². The molecule has 0 aliphatic rings. The normalized spacial score (nSPS) is 19.2. The number of hydrogen-bond donors (Lipinski definition) is 3. The van der Waals surface area contributed by atoms with Gasteiger partial charge in [0.2, 0.25) is 7.37 Å². The van der Waals surface area contributed by atoms with E-state index >= 15 is 0 Å². The smallest absolute Gasteiger partial charge is 0.307 e. The van der Waals surface area contributed by atoms with Gasteiger partial charge in [-0.3, -0.25) is 9.36 Å². The van der Waals surface area contributed by atoms with Crippen LogP contribution in [0, 0.1) is 5.92 Å². The summed E-state index contributed by atoms with van der Waals surface area (Å²) in [6.07, 6.45) is -0.309. The predicted octanol–water partition coefficient (Wildman–Crippen LogP) is 2.07. The van der Waals surface area contributed by atoms with Crippen molar-refractivity contribution in [2.24, 2.45) is 11.7 Å². The Kier molecular flexibility index (Phi) is 5.29. The number of hydrogen-bond acceptors (Lipinski definition) is 3. The molecule has 4 unspecified atom stereocenters. The van der Waals surface area contributed by atoms with Gasteiger partial charge in [0.15, 0.2) is 0 Å². The lowest BCUT2D eigenvalue weighted by atomic mass is 9.89. The van der Waals surface area contributed by atoms with E-state index in [1.54, 1.807) is 6.92 Å². The summed E-state index contributed by atoms with van der Waals surface area (Å²) in [6.45, 7) is 3.17. The predicted molar refractivity (Wildman–Crippen MR) is 74.3 cm³/mol. The lowest BCUT2D eigenvalue weighted by Gasteiger charge is -2.24. The Morgan fingerprint density at radius 1 is 1.32 bits per heavy atom. The molecule has 0 aromatic heterocycles. The van der Waals surface area contributed by atoms with Crippen LogP contribution in [0.2, 0.25) is 0 Å². The summed E-state index contributed by atoms with van der Waals surface area (Å²) in [7, 11) is -3.65. The van der Waals surface area contributed by atoms with Gasteiger partial charge < -0.3 is 15.7 Å². The van der Waals surface area contributed by atoms with E-state index < -0.39 is 25.0 Å². The van der Waals surface area contributed by atoms with Gasteiger partial charge in [-0.15, -0.1) is 0 Å². The molecule has 4 atom stereocenters. The second-order valence-electron chi connectivity index (χ2n) is 4.82. The molecule has 0 aliphatic carbocycles. The van der Waals surface area contributed by atoms with Gasteiger partial charge in [0, 0.05) is 6.16 Å². The SMILES string of the molecule is CC(c1ccccc1)C(CP(=O)(O)C(C)N)C(=O)O. The Bertz CT molecular complexity index is 475. The van der Waals surface area contributed by atoms with Gasteiger partial charge in [-0.2, -0.15) is 0 Å². The Morgan fingerprint density at radius 2 is 1.84 bits per heavy atom. The second-order valence-corrected chi connectivity index (χ2v) is 7.51. The first-order valence-electron chi connectivity index (χ1n) is 6.10. The zero-order valence-corrected chi connectivity index (χ0v) is 12.0. The van der Waals surface area contributed by atoms with Crippen LogP contribution in [0.5, 0.6) is 0 Å². The van der Waals surface area contributed by atoms with E-state index in [-0.39, 0.29) is 12.1 Å². The molecule has 0 amide bonds. The molecule has 0 heterocycles. The van der Waals surface area contributed by atoms with Crippen molar-refractivity contribution < 1.29 is 19.4 Å². The van der Waals surface area contributed by atoms with Gasteiger partial charge in [-0.25, -0.2) is 0 Å². The number of carbonyl (C=O) groups is 1. The third-order valence-corrected chi connectivity index (χ3v) is 5.53. The number of carboxylic acids is 1. The summed E-state index contributed by atoms with van der Waals surface area (Å²) in [5, 5.41) is 9.28. The molecule has 4 N–H and O–H groups in total. The molecule has 1 aromatic carbocycles. The fourth-order valence-electron chi connectivity index (χ4n) is 1.89. The van der Waals surface area contributed by atoms with E-state index in [0.29, 0.717) is 0 Å². The maximum Gasteiger partial charge on any atom is 0.307 e. The molecule has 1 rings (SSSR count). The lowest BCUT2D eigenvalue weighted by Crippen LogP contribution is -2.28. The Labute approximate surface area is 112 Å². The first-order chi connectivity index (χ1) is 8.75. The van der Waals surface area contributed by atoms with Gasteiger partial charge in [0.25, 0.3) is 0 Å². The van der Waals surface area contributed by atoms with E-state index in [4.69, 9.17) is 5.73 Å². The maximum absolute atomic E-state index is 11.9. The minimum Gasteiger partial charge on any atom is -0.481 e. The van der Waals surface area contributed by atoms with Crippen molar-refractivity contribution in [3.05, 3.63) is 35.9 Å². The average Bonchev–Trinajstić information content (AvgIpc) is 2.35. The highest BCUT2D eigenvalue weighted by Gasteiger charge is 2.35. The molecule has 5 nitrogen and oxygen atoms in total. The van der Waals surface area contributed by atoms with Crippen molar-refractivity contribution in [3.8, 4) is 0 Å². The molecule has 0 fully saturated rings. The topological polar surface area (TPSA) is 101 Å². The molecule has 0 spiro atoms. The summed E-state index contributed by atoms with van der Waals surface area (Å²) in [6, 6.07) is 9.10. The molecule has 6 heteroatoms. The molecule has 19 heavy (non-hydrogen) atoms. The standard InChI is InChI=1S/C13H20NO4P/c1-9(11-6-4-3-5-7-11)12(13(15)16)8-19(17,18)10(2)14/h3-7,9-10,12H,8,14H2,1-2H3,(H,15,16)(H,17,18). The lowest BCUT2D eigenvalue weighted by molar-refractivity contribution is -0.141. The minimum absolute atomic E-state index is 0.309. The molecular weight excluding hydrogens is 265 g/mol.